The smallest absolute Gasteiger partial charge is 0.326 e. The molecular weight excluding hydrogens is 224 g/mol. The Hall–Kier alpha value is -1.30. The number of likely N-dealkylation sites (N-methyl/N-ethyl adjacent to an activating group) is 1. The van der Waals surface area contributed by atoms with Crippen LogP contribution >= 0.6 is 0 Å². The number of carboxylic acid groups (broad SMARTS) is 1. The van der Waals surface area contributed by atoms with Crippen molar-refractivity contribution in [3.05, 3.63) is 0 Å². The van der Waals surface area contributed by atoms with Gasteiger partial charge < -0.3 is 20.4 Å². The van der Waals surface area contributed by atoms with Gasteiger partial charge in [0.1, 0.15) is 6.04 Å². The minimum Gasteiger partial charge on any atom is -0.480 e. The van der Waals surface area contributed by atoms with E-state index >= 15 is 0 Å². The van der Waals surface area contributed by atoms with E-state index < -0.39 is 18.0 Å². The van der Waals surface area contributed by atoms with Gasteiger partial charge in [-0.3, -0.25) is 0 Å². The van der Waals surface area contributed by atoms with E-state index in [1.165, 1.54) is 4.90 Å². The van der Waals surface area contributed by atoms with Crippen molar-refractivity contribution in [2.24, 2.45) is 0 Å². The lowest BCUT2D eigenvalue weighted by Gasteiger charge is -2.23. The second-order valence-corrected chi connectivity index (χ2v) is 3.79. The normalized spacial score (nSPS) is 11.9. The van der Waals surface area contributed by atoms with Gasteiger partial charge in [-0.05, 0) is 13.3 Å². The Morgan fingerprint density at radius 2 is 2.00 bits per heavy atom. The molecule has 0 aromatic heterocycles. The van der Waals surface area contributed by atoms with Crippen LogP contribution in [0, 0.1) is 0 Å². The van der Waals surface area contributed by atoms with Gasteiger partial charge in [0.05, 0.1) is 6.61 Å². The second kappa shape index (κ2) is 8.81. The molecule has 0 saturated carbocycles. The SMILES string of the molecule is CCCCC(NC(=O)N(CC)CCO)C(=O)O. The summed E-state index contributed by atoms with van der Waals surface area (Å²) in [6.45, 7) is 4.25. The standard InChI is InChI=1S/C11H22N2O4/c1-3-5-6-9(10(15)16)12-11(17)13(4-2)7-8-14/h9,14H,3-8H2,1-2H3,(H,12,17)(H,15,16). The zero-order chi connectivity index (χ0) is 13.3. The number of nitrogens with one attached hydrogen (secondary N) is 1. The third kappa shape index (κ3) is 6.11. The van der Waals surface area contributed by atoms with E-state index in [9.17, 15) is 9.59 Å². The molecule has 1 atom stereocenters. The Kier molecular flexibility index (Phi) is 8.13. The van der Waals surface area contributed by atoms with Gasteiger partial charge >= 0.3 is 12.0 Å². The highest BCUT2D eigenvalue weighted by Gasteiger charge is 2.21. The van der Waals surface area contributed by atoms with Gasteiger partial charge in [0, 0.05) is 13.1 Å². The van der Waals surface area contributed by atoms with Crippen LogP contribution in [0.5, 0.6) is 0 Å². The number of unbranched alkanes of at least 4 members (excludes halogenated alkanes) is 1. The van der Waals surface area contributed by atoms with E-state index in [0.717, 1.165) is 12.8 Å². The molecule has 0 bridgehead atoms. The number of urea groups is 1. The van der Waals surface area contributed by atoms with Crippen LogP contribution in [0.25, 0.3) is 0 Å². The van der Waals surface area contributed by atoms with Crippen LogP contribution in [-0.4, -0.2) is 52.9 Å². The first-order valence-corrected chi connectivity index (χ1v) is 5.95. The van der Waals surface area contributed by atoms with Gasteiger partial charge in [0.15, 0.2) is 0 Å². The number of carbonyl (C=O) groups excluding carboxylic acids is 1. The predicted octanol–water partition coefficient (Wildman–Crippen LogP) is 0.654. The number of amides is 2. The lowest BCUT2D eigenvalue weighted by molar-refractivity contribution is -0.139. The highest BCUT2D eigenvalue weighted by Crippen LogP contribution is 2.02. The third-order valence-corrected chi connectivity index (χ3v) is 2.48. The number of hydrogen-bond acceptors (Lipinski definition) is 3. The summed E-state index contributed by atoms with van der Waals surface area (Å²) in [5, 5.41) is 20.2. The van der Waals surface area contributed by atoms with Crippen LogP contribution in [0.1, 0.15) is 33.1 Å². The molecule has 0 aliphatic carbocycles. The van der Waals surface area contributed by atoms with Crippen molar-refractivity contribution in [1.29, 1.82) is 0 Å². The van der Waals surface area contributed by atoms with Crippen LogP contribution in [-0.2, 0) is 4.79 Å². The molecule has 6 heteroatoms. The van der Waals surface area contributed by atoms with Gasteiger partial charge in [-0.1, -0.05) is 19.8 Å². The van der Waals surface area contributed by atoms with Crippen molar-refractivity contribution in [3.8, 4) is 0 Å². The molecule has 2 amide bonds. The topological polar surface area (TPSA) is 89.9 Å². The minimum absolute atomic E-state index is 0.131. The maximum Gasteiger partial charge on any atom is 0.326 e. The molecule has 6 nitrogen and oxygen atoms in total. The Morgan fingerprint density at radius 1 is 1.35 bits per heavy atom. The molecule has 0 aliphatic heterocycles. The van der Waals surface area contributed by atoms with Gasteiger partial charge in [-0.25, -0.2) is 9.59 Å². The fourth-order valence-electron chi connectivity index (χ4n) is 1.43. The Morgan fingerprint density at radius 3 is 2.41 bits per heavy atom. The van der Waals surface area contributed by atoms with Crippen molar-refractivity contribution >= 4 is 12.0 Å². The number of aliphatic carboxylic acids is 1. The zero-order valence-electron chi connectivity index (χ0n) is 10.5. The summed E-state index contributed by atoms with van der Waals surface area (Å²) >= 11 is 0. The fraction of sp³-hybridized carbons (Fsp3) is 0.818. The van der Waals surface area contributed by atoms with E-state index in [2.05, 4.69) is 5.32 Å². The lowest BCUT2D eigenvalue weighted by Crippen LogP contribution is -2.48. The number of nitrogens with zero attached hydrogens (tertiary/aromatic N) is 1. The van der Waals surface area contributed by atoms with Crippen LogP contribution in [0.2, 0.25) is 0 Å². The van der Waals surface area contributed by atoms with Crippen LogP contribution < -0.4 is 5.32 Å². The number of carboxylic acids is 1. The van der Waals surface area contributed by atoms with Gasteiger partial charge in [0.25, 0.3) is 0 Å². The predicted molar refractivity (Wildman–Crippen MR) is 63.8 cm³/mol. The first-order valence-electron chi connectivity index (χ1n) is 5.95. The van der Waals surface area contributed by atoms with Crippen LogP contribution in [0.3, 0.4) is 0 Å². The second-order valence-electron chi connectivity index (χ2n) is 3.79. The maximum atomic E-state index is 11.7. The molecule has 0 rings (SSSR count). The van der Waals surface area contributed by atoms with Crippen molar-refractivity contribution < 1.29 is 19.8 Å². The molecule has 100 valence electrons. The Bertz CT molecular complexity index is 246. The molecule has 17 heavy (non-hydrogen) atoms. The quantitative estimate of drug-likeness (QED) is 0.586. The van der Waals surface area contributed by atoms with E-state index in [0.29, 0.717) is 13.0 Å². The Labute approximate surface area is 102 Å². The van der Waals surface area contributed by atoms with Gasteiger partial charge in [0.2, 0.25) is 0 Å². The summed E-state index contributed by atoms with van der Waals surface area (Å²) in [5.74, 6) is -1.02. The summed E-state index contributed by atoms with van der Waals surface area (Å²) in [6.07, 6.45) is 2.06. The van der Waals surface area contributed by atoms with E-state index in [-0.39, 0.29) is 13.2 Å². The first-order chi connectivity index (χ1) is 8.06. The highest BCUT2D eigenvalue weighted by molar-refractivity contribution is 5.82. The van der Waals surface area contributed by atoms with Gasteiger partial charge in [-0.15, -0.1) is 0 Å². The summed E-state index contributed by atoms with van der Waals surface area (Å²) < 4.78 is 0. The van der Waals surface area contributed by atoms with Crippen molar-refractivity contribution in [2.45, 2.75) is 39.2 Å². The van der Waals surface area contributed by atoms with Crippen molar-refractivity contribution in [3.63, 3.8) is 0 Å². The van der Waals surface area contributed by atoms with Crippen LogP contribution in [0.15, 0.2) is 0 Å². The molecule has 1 unspecified atom stereocenters. The molecule has 0 radical (unpaired) electrons. The molecule has 0 saturated heterocycles. The summed E-state index contributed by atoms with van der Waals surface area (Å²) in [7, 11) is 0. The molecule has 0 heterocycles. The average Bonchev–Trinajstić information content (AvgIpc) is 2.30. The molecule has 3 N–H and O–H groups in total. The number of carbonyl (C=O) groups is 2. The molecule has 0 spiro atoms. The molecule has 0 fully saturated rings. The number of hydrogen-bond donors (Lipinski definition) is 3. The van der Waals surface area contributed by atoms with Crippen molar-refractivity contribution in [2.75, 3.05) is 19.7 Å². The summed E-state index contributed by atoms with van der Waals surface area (Å²) in [6, 6.07) is -1.29. The Balaban J connectivity index is 4.32. The maximum absolute atomic E-state index is 11.7. The average molecular weight is 246 g/mol. The lowest BCUT2D eigenvalue weighted by atomic mass is 10.1. The summed E-state index contributed by atoms with van der Waals surface area (Å²) in [4.78, 5) is 24.0. The fourth-order valence-corrected chi connectivity index (χ4v) is 1.43. The largest absolute Gasteiger partial charge is 0.480 e. The van der Waals surface area contributed by atoms with E-state index in [1.54, 1.807) is 6.92 Å². The highest BCUT2D eigenvalue weighted by atomic mass is 16.4. The molecule has 0 aliphatic rings. The van der Waals surface area contributed by atoms with E-state index in [1.807, 2.05) is 6.92 Å². The minimum atomic E-state index is -1.02. The molecule has 0 aromatic carbocycles. The number of aliphatic hydroxyl groups is 1. The molecule has 0 aromatic rings. The van der Waals surface area contributed by atoms with Crippen molar-refractivity contribution in [1.82, 2.24) is 10.2 Å². The number of rotatable bonds is 8. The van der Waals surface area contributed by atoms with E-state index in [4.69, 9.17) is 10.2 Å². The van der Waals surface area contributed by atoms with Gasteiger partial charge in [-0.2, -0.15) is 0 Å². The van der Waals surface area contributed by atoms with Crippen LogP contribution in [0.4, 0.5) is 4.79 Å². The monoisotopic (exact) mass is 246 g/mol. The summed E-state index contributed by atoms with van der Waals surface area (Å²) in [5.41, 5.74) is 0. The zero-order valence-corrected chi connectivity index (χ0v) is 10.5. The molecular formula is C11H22N2O4. The third-order valence-electron chi connectivity index (χ3n) is 2.48. The number of aliphatic hydroxyl groups excluding tert-OH is 1. The first kappa shape index (κ1) is 15.7.